The maximum atomic E-state index is 13.6. The van der Waals surface area contributed by atoms with E-state index in [2.05, 4.69) is 36.0 Å². The standard InChI is InChI=1S/C20H18BrClFN3O4S/c1-3-30-20(28)16-14(8-21)25-18(19-24-11(9-31-19)7-15(27)29-2)26-17(16)12-5-4-10(23)6-13(12)22/h4-6,9,17H,3,7-8H2,1-2H3,(H,25,26). The third-order valence-corrected chi connectivity index (χ3v) is 6.11. The number of carbonyl (C=O) groups is 2. The number of aromatic nitrogens is 1. The maximum Gasteiger partial charge on any atom is 0.338 e. The van der Waals surface area contributed by atoms with Crippen LogP contribution in [0.4, 0.5) is 4.39 Å². The number of methoxy groups -OCH3 is 1. The molecule has 0 amide bonds. The zero-order valence-corrected chi connectivity index (χ0v) is 19.7. The molecule has 1 aliphatic heterocycles. The van der Waals surface area contributed by atoms with Gasteiger partial charge in [-0.15, -0.1) is 11.3 Å². The lowest BCUT2D eigenvalue weighted by Gasteiger charge is -2.26. The first kappa shape index (κ1) is 23.4. The number of hydrogen-bond donors (Lipinski definition) is 1. The third-order valence-electron chi connectivity index (χ3n) is 4.32. The molecule has 1 atom stereocenters. The van der Waals surface area contributed by atoms with Crippen LogP contribution in [0.3, 0.4) is 0 Å². The molecule has 1 aromatic carbocycles. The highest BCUT2D eigenvalue weighted by Gasteiger charge is 2.33. The molecule has 0 radical (unpaired) electrons. The number of carbonyl (C=O) groups excluding carboxylic acids is 2. The Morgan fingerprint density at radius 1 is 1.39 bits per heavy atom. The molecule has 11 heteroatoms. The van der Waals surface area contributed by atoms with Crippen LogP contribution in [-0.2, 0) is 25.5 Å². The normalized spacial score (nSPS) is 15.9. The Balaban J connectivity index is 2.07. The van der Waals surface area contributed by atoms with Crippen molar-refractivity contribution in [3.05, 3.63) is 62.0 Å². The van der Waals surface area contributed by atoms with Gasteiger partial charge in [0.1, 0.15) is 11.9 Å². The van der Waals surface area contributed by atoms with Crippen LogP contribution in [-0.4, -0.2) is 41.8 Å². The Morgan fingerprint density at radius 3 is 2.81 bits per heavy atom. The summed E-state index contributed by atoms with van der Waals surface area (Å²) in [5, 5.41) is 5.80. The Morgan fingerprint density at radius 2 is 2.16 bits per heavy atom. The van der Waals surface area contributed by atoms with Crippen molar-refractivity contribution in [1.29, 1.82) is 0 Å². The van der Waals surface area contributed by atoms with Gasteiger partial charge in [-0.2, -0.15) is 0 Å². The number of esters is 2. The second-order valence-electron chi connectivity index (χ2n) is 6.31. The number of thiazole rings is 1. The molecular formula is C20H18BrClFN3O4S. The summed E-state index contributed by atoms with van der Waals surface area (Å²) in [5.41, 5.74) is 1.78. The van der Waals surface area contributed by atoms with Crippen LogP contribution in [0.5, 0.6) is 0 Å². The molecule has 0 saturated carbocycles. The number of benzene rings is 1. The van der Waals surface area contributed by atoms with Gasteiger partial charge in [-0.05, 0) is 19.1 Å². The smallest absolute Gasteiger partial charge is 0.338 e. The molecule has 1 unspecified atom stereocenters. The summed E-state index contributed by atoms with van der Waals surface area (Å²) in [6.45, 7) is 1.89. The Hall–Kier alpha value is -2.30. The number of allylic oxidation sites excluding steroid dienone is 1. The van der Waals surface area contributed by atoms with Crippen molar-refractivity contribution in [3.8, 4) is 0 Å². The monoisotopic (exact) mass is 529 g/mol. The molecule has 31 heavy (non-hydrogen) atoms. The summed E-state index contributed by atoms with van der Waals surface area (Å²) < 4.78 is 23.5. The first-order valence-electron chi connectivity index (χ1n) is 9.15. The zero-order valence-electron chi connectivity index (χ0n) is 16.6. The molecule has 0 aliphatic carbocycles. The molecule has 3 rings (SSSR count). The van der Waals surface area contributed by atoms with E-state index in [9.17, 15) is 14.0 Å². The molecule has 1 N–H and O–H groups in total. The number of amidine groups is 1. The number of rotatable bonds is 7. The lowest BCUT2D eigenvalue weighted by Crippen LogP contribution is -2.34. The van der Waals surface area contributed by atoms with Crippen molar-refractivity contribution >= 4 is 56.6 Å². The van der Waals surface area contributed by atoms with Crippen molar-refractivity contribution in [2.75, 3.05) is 19.0 Å². The topological polar surface area (TPSA) is 89.9 Å². The molecule has 7 nitrogen and oxygen atoms in total. The van der Waals surface area contributed by atoms with E-state index in [1.165, 1.54) is 36.6 Å². The van der Waals surface area contributed by atoms with Gasteiger partial charge in [0.05, 0.1) is 31.4 Å². The van der Waals surface area contributed by atoms with E-state index in [-0.39, 0.29) is 23.6 Å². The van der Waals surface area contributed by atoms with E-state index in [0.29, 0.717) is 33.1 Å². The number of hydrogen-bond acceptors (Lipinski definition) is 8. The van der Waals surface area contributed by atoms with Gasteiger partial charge in [0, 0.05) is 27.0 Å². The van der Waals surface area contributed by atoms with Crippen molar-refractivity contribution in [3.63, 3.8) is 0 Å². The molecule has 2 aromatic rings. The average molecular weight is 531 g/mol. The molecule has 2 heterocycles. The predicted molar refractivity (Wildman–Crippen MR) is 119 cm³/mol. The van der Waals surface area contributed by atoms with Crippen LogP contribution in [0.25, 0.3) is 0 Å². The SMILES string of the molecule is CCOC(=O)C1=C(CBr)NC(c2nc(CC(=O)OC)cs2)=NC1c1ccc(F)cc1Cl. The van der Waals surface area contributed by atoms with Crippen molar-refractivity contribution in [1.82, 2.24) is 10.3 Å². The van der Waals surface area contributed by atoms with Gasteiger partial charge in [-0.1, -0.05) is 33.6 Å². The summed E-state index contributed by atoms with van der Waals surface area (Å²) in [6.07, 6.45) is 0.0305. The van der Waals surface area contributed by atoms with E-state index in [0.717, 1.165) is 0 Å². The number of nitrogens with zero attached hydrogens (tertiary/aromatic N) is 2. The van der Waals surface area contributed by atoms with Crippen molar-refractivity contribution in [2.45, 2.75) is 19.4 Å². The number of nitrogens with one attached hydrogen (secondary N) is 1. The molecular weight excluding hydrogens is 513 g/mol. The maximum absolute atomic E-state index is 13.6. The quantitative estimate of drug-likeness (QED) is 0.431. The van der Waals surface area contributed by atoms with E-state index in [1.807, 2.05) is 0 Å². The van der Waals surface area contributed by atoms with Crippen LogP contribution >= 0.6 is 38.9 Å². The predicted octanol–water partition coefficient (Wildman–Crippen LogP) is 3.95. The molecule has 0 spiro atoms. The number of aliphatic imine (C=N–C) groups is 1. The van der Waals surface area contributed by atoms with Gasteiger partial charge < -0.3 is 14.8 Å². The minimum atomic E-state index is -0.830. The van der Waals surface area contributed by atoms with Crippen LogP contribution in [0, 0.1) is 5.82 Å². The molecule has 0 bridgehead atoms. The second kappa shape index (κ2) is 10.3. The number of alkyl halides is 1. The van der Waals surface area contributed by atoms with Gasteiger partial charge in [-0.3, -0.25) is 9.79 Å². The second-order valence-corrected chi connectivity index (χ2v) is 8.14. The van der Waals surface area contributed by atoms with Gasteiger partial charge in [0.15, 0.2) is 10.8 Å². The average Bonchev–Trinajstić information content (AvgIpc) is 3.21. The van der Waals surface area contributed by atoms with Crippen molar-refractivity contribution < 1.29 is 23.5 Å². The lowest BCUT2D eigenvalue weighted by molar-refractivity contribution is -0.140. The first-order valence-corrected chi connectivity index (χ1v) is 11.5. The summed E-state index contributed by atoms with van der Waals surface area (Å²) >= 11 is 11.0. The minimum Gasteiger partial charge on any atom is -0.469 e. The van der Waals surface area contributed by atoms with Gasteiger partial charge in [0.2, 0.25) is 0 Å². The van der Waals surface area contributed by atoms with Gasteiger partial charge >= 0.3 is 11.9 Å². The largest absolute Gasteiger partial charge is 0.469 e. The van der Waals surface area contributed by atoms with Gasteiger partial charge in [0.25, 0.3) is 0 Å². The van der Waals surface area contributed by atoms with Gasteiger partial charge in [-0.25, -0.2) is 14.2 Å². The molecule has 1 aromatic heterocycles. The fraction of sp³-hybridized carbons (Fsp3) is 0.300. The summed E-state index contributed by atoms with van der Waals surface area (Å²) in [5.74, 6) is -1.06. The highest BCUT2D eigenvalue weighted by molar-refractivity contribution is 9.09. The van der Waals surface area contributed by atoms with Crippen LogP contribution in [0.2, 0.25) is 5.02 Å². The highest BCUT2D eigenvalue weighted by atomic mass is 79.9. The number of ether oxygens (including phenoxy) is 2. The zero-order chi connectivity index (χ0) is 22.5. The van der Waals surface area contributed by atoms with E-state index in [4.69, 9.17) is 16.3 Å². The Labute approximate surface area is 195 Å². The molecule has 1 aliphatic rings. The summed E-state index contributed by atoms with van der Waals surface area (Å²) in [7, 11) is 1.31. The first-order chi connectivity index (χ1) is 14.9. The van der Waals surface area contributed by atoms with Crippen molar-refractivity contribution in [2.24, 2.45) is 4.99 Å². The highest BCUT2D eigenvalue weighted by Crippen LogP contribution is 2.37. The molecule has 164 valence electrons. The molecule has 0 fully saturated rings. The Bertz CT molecular complexity index is 1070. The van der Waals surface area contributed by atoms with E-state index < -0.39 is 23.8 Å². The van der Waals surface area contributed by atoms with Crippen LogP contribution in [0.1, 0.15) is 29.2 Å². The fourth-order valence-corrected chi connectivity index (χ4v) is 4.41. The fourth-order valence-electron chi connectivity index (χ4n) is 2.92. The van der Waals surface area contributed by atoms with Crippen LogP contribution < -0.4 is 5.32 Å². The van der Waals surface area contributed by atoms with E-state index >= 15 is 0 Å². The summed E-state index contributed by atoms with van der Waals surface area (Å²) in [6, 6.07) is 3.09. The summed E-state index contributed by atoms with van der Waals surface area (Å²) in [4.78, 5) is 33.4. The van der Waals surface area contributed by atoms with Crippen LogP contribution in [0.15, 0.2) is 39.8 Å². The Kier molecular flexibility index (Phi) is 7.79. The minimum absolute atomic E-state index is 0.0305. The van der Waals surface area contributed by atoms with E-state index in [1.54, 1.807) is 12.3 Å². The lowest BCUT2D eigenvalue weighted by atomic mass is 9.96. The molecule has 0 saturated heterocycles. The third kappa shape index (κ3) is 5.31. The number of halogens is 3.